The van der Waals surface area contributed by atoms with Crippen LogP contribution in [0.25, 0.3) is 0 Å². The topological polar surface area (TPSA) is 60.5 Å². The van der Waals surface area contributed by atoms with Crippen molar-refractivity contribution < 1.29 is 14.3 Å². The van der Waals surface area contributed by atoms with Crippen molar-refractivity contribution in [2.45, 2.75) is 19.4 Å². The van der Waals surface area contributed by atoms with Gasteiger partial charge in [-0.3, -0.25) is 9.78 Å². The number of carbonyl (C=O) groups excluding carboxylic acids is 1. The second-order valence-corrected chi connectivity index (χ2v) is 5.69. The summed E-state index contributed by atoms with van der Waals surface area (Å²) in [5.74, 6) is 0.768. The smallest absolute Gasteiger partial charge is 0.251 e. The lowest BCUT2D eigenvalue weighted by molar-refractivity contribution is 0.0938. The number of nitrogens with one attached hydrogen (secondary N) is 1. The minimum absolute atomic E-state index is 0.210. The molecule has 1 aliphatic rings. The Morgan fingerprint density at radius 1 is 1.30 bits per heavy atom. The van der Waals surface area contributed by atoms with E-state index in [-0.39, 0.29) is 11.9 Å². The Morgan fingerprint density at radius 3 is 2.91 bits per heavy atom. The van der Waals surface area contributed by atoms with E-state index in [1.165, 1.54) is 0 Å². The number of ether oxygens (including phenoxy) is 2. The highest BCUT2D eigenvalue weighted by Crippen LogP contribution is 2.38. The van der Waals surface area contributed by atoms with Gasteiger partial charge in [0.2, 0.25) is 0 Å². The standard InChI is InChI=1S/C17H17ClN2O3/c1-11(14-5-2-3-6-19-14)20-17(21)12-9-13(18)16-15(10-12)22-7-4-8-23-16/h2-3,5-6,9-11H,4,7-8H2,1H3,(H,20,21). The number of aromatic nitrogens is 1. The van der Waals surface area contributed by atoms with Crippen LogP contribution in [0.1, 0.15) is 35.4 Å². The minimum Gasteiger partial charge on any atom is -0.489 e. The van der Waals surface area contributed by atoms with E-state index in [9.17, 15) is 4.79 Å². The summed E-state index contributed by atoms with van der Waals surface area (Å²) < 4.78 is 11.2. The molecule has 3 rings (SSSR count). The number of fused-ring (bicyclic) bond motifs is 1. The third kappa shape index (κ3) is 3.56. The van der Waals surface area contributed by atoms with E-state index in [2.05, 4.69) is 10.3 Å². The van der Waals surface area contributed by atoms with E-state index >= 15 is 0 Å². The molecule has 0 bridgehead atoms. The lowest BCUT2D eigenvalue weighted by atomic mass is 10.1. The van der Waals surface area contributed by atoms with Gasteiger partial charge in [-0.05, 0) is 31.2 Å². The molecule has 5 nitrogen and oxygen atoms in total. The summed E-state index contributed by atoms with van der Waals surface area (Å²) in [5, 5.41) is 3.28. The van der Waals surface area contributed by atoms with Gasteiger partial charge >= 0.3 is 0 Å². The average Bonchev–Trinajstić information content (AvgIpc) is 2.81. The zero-order chi connectivity index (χ0) is 16.2. The zero-order valence-corrected chi connectivity index (χ0v) is 13.5. The van der Waals surface area contributed by atoms with Crippen LogP contribution in [0.5, 0.6) is 11.5 Å². The Kier molecular flexibility index (Phi) is 4.67. The summed E-state index contributed by atoms with van der Waals surface area (Å²) in [4.78, 5) is 16.7. The molecule has 2 heterocycles. The quantitative estimate of drug-likeness (QED) is 0.936. The highest BCUT2D eigenvalue weighted by Gasteiger charge is 2.19. The van der Waals surface area contributed by atoms with E-state index in [1.807, 2.05) is 25.1 Å². The van der Waals surface area contributed by atoms with Crippen molar-refractivity contribution in [2.24, 2.45) is 0 Å². The lowest BCUT2D eigenvalue weighted by Crippen LogP contribution is -2.27. The van der Waals surface area contributed by atoms with Crippen LogP contribution in [0, 0.1) is 0 Å². The van der Waals surface area contributed by atoms with E-state index in [1.54, 1.807) is 18.3 Å². The molecule has 0 saturated carbocycles. The summed E-state index contributed by atoms with van der Waals surface area (Å²) >= 11 is 6.22. The number of carbonyl (C=O) groups is 1. The predicted molar refractivity (Wildman–Crippen MR) is 87.2 cm³/mol. The third-order valence-corrected chi connectivity index (χ3v) is 3.82. The number of hydrogen-bond donors (Lipinski definition) is 1. The molecule has 23 heavy (non-hydrogen) atoms. The fraction of sp³-hybridized carbons (Fsp3) is 0.294. The molecule has 6 heteroatoms. The first-order valence-corrected chi connectivity index (χ1v) is 7.84. The van der Waals surface area contributed by atoms with Crippen LogP contribution in [0.15, 0.2) is 36.5 Å². The molecule has 0 aliphatic carbocycles. The fourth-order valence-corrected chi connectivity index (χ4v) is 2.61. The van der Waals surface area contributed by atoms with Gasteiger partial charge in [0.1, 0.15) is 0 Å². The number of amides is 1. The molecule has 1 atom stereocenters. The molecule has 0 fully saturated rings. The van der Waals surface area contributed by atoms with Gasteiger partial charge in [0.15, 0.2) is 11.5 Å². The second-order valence-electron chi connectivity index (χ2n) is 5.29. The molecule has 1 aromatic carbocycles. The van der Waals surface area contributed by atoms with Crippen LogP contribution in [0.4, 0.5) is 0 Å². The number of benzene rings is 1. The molecule has 0 spiro atoms. The van der Waals surface area contributed by atoms with Crippen molar-refractivity contribution in [3.05, 3.63) is 52.8 Å². The van der Waals surface area contributed by atoms with Crippen LogP contribution >= 0.6 is 11.6 Å². The predicted octanol–water partition coefficient (Wildman–Crippen LogP) is 3.39. The number of halogens is 1. The van der Waals surface area contributed by atoms with Gasteiger partial charge in [-0.2, -0.15) is 0 Å². The first-order chi connectivity index (χ1) is 11.1. The van der Waals surface area contributed by atoms with E-state index in [0.29, 0.717) is 35.3 Å². The van der Waals surface area contributed by atoms with Crippen molar-refractivity contribution in [2.75, 3.05) is 13.2 Å². The maximum Gasteiger partial charge on any atom is 0.251 e. The molecule has 1 aromatic heterocycles. The van der Waals surface area contributed by atoms with Gasteiger partial charge in [0.25, 0.3) is 5.91 Å². The molecule has 2 aromatic rings. The normalized spacial score (nSPS) is 14.7. The van der Waals surface area contributed by atoms with Gasteiger partial charge in [-0.15, -0.1) is 0 Å². The van der Waals surface area contributed by atoms with Crippen molar-refractivity contribution in [1.29, 1.82) is 0 Å². The Balaban J connectivity index is 1.80. The second kappa shape index (κ2) is 6.87. The average molecular weight is 333 g/mol. The fourth-order valence-electron chi connectivity index (χ4n) is 2.35. The Bertz CT molecular complexity index is 706. The van der Waals surface area contributed by atoms with Crippen molar-refractivity contribution in [1.82, 2.24) is 10.3 Å². The van der Waals surface area contributed by atoms with Gasteiger partial charge in [-0.1, -0.05) is 17.7 Å². The zero-order valence-electron chi connectivity index (χ0n) is 12.7. The monoisotopic (exact) mass is 332 g/mol. The largest absolute Gasteiger partial charge is 0.489 e. The summed E-state index contributed by atoms with van der Waals surface area (Å²) in [7, 11) is 0. The van der Waals surface area contributed by atoms with Gasteiger partial charge in [-0.25, -0.2) is 0 Å². The number of rotatable bonds is 3. The molecule has 120 valence electrons. The SMILES string of the molecule is CC(NC(=O)c1cc(Cl)c2c(c1)OCCCO2)c1ccccn1. The van der Waals surface area contributed by atoms with Crippen LogP contribution < -0.4 is 14.8 Å². The molecule has 0 saturated heterocycles. The number of hydrogen-bond acceptors (Lipinski definition) is 4. The van der Waals surface area contributed by atoms with E-state index in [4.69, 9.17) is 21.1 Å². The Morgan fingerprint density at radius 2 is 2.13 bits per heavy atom. The highest BCUT2D eigenvalue weighted by molar-refractivity contribution is 6.32. The Hall–Kier alpha value is -2.27. The first kappa shape index (κ1) is 15.6. The van der Waals surface area contributed by atoms with Crippen LogP contribution in [0.3, 0.4) is 0 Å². The lowest BCUT2D eigenvalue weighted by Gasteiger charge is -2.15. The maximum atomic E-state index is 12.5. The van der Waals surface area contributed by atoms with Gasteiger partial charge in [0.05, 0.1) is 30.0 Å². The van der Waals surface area contributed by atoms with E-state index < -0.39 is 0 Å². The molecule has 0 radical (unpaired) electrons. The molecular weight excluding hydrogens is 316 g/mol. The van der Waals surface area contributed by atoms with Crippen LogP contribution in [-0.2, 0) is 0 Å². The highest BCUT2D eigenvalue weighted by atomic mass is 35.5. The number of pyridine rings is 1. The molecular formula is C17H17ClN2O3. The van der Waals surface area contributed by atoms with Crippen LogP contribution in [-0.4, -0.2) is 24.1 Å². The summed E-state index contributed by atoms with van der Waals surface area (Å²) in [5.41, 5.74) is 1.23. The Labute approximate surface area is 139 Å². The van der Waals surface area contributed by atoms with Gasteiger partial charge < -0.3 is 14.8 Å². The third-order valence-electron chi connectivity index (χ3n) is 3.54. The molecule has 1 aliphatic heterocycles. The van der Waals surface area contributed by atoms with Crippen LogP contribution in [0.2, 0.25) is 5.02 Å². The first-order valence-electron chi connectivity index (χ1n) is 7.46. The van der Waals surface area contributed by atoms with Crippen molar-refractivity contribution in [3.8, 4) is 11.5 Å². The number of nitrogens with zero attached hydrogens (tertiary/aromatic N) is 1. The van der Waals surface area contributed by atoms with E-state index in [0.717, 1.165) is 12.1 Å². The van der Waals surface area contributed by atoms with Crippen molar-refractivity contribution in [3.63, 3.8) is 0 Å². The maximum absolute atomic E-state index is 12.5. The summed E-state index contributed by atoms with van der Waals surface area (Å²) in [6, 6.07) is 8.63. The molecule has 1 unspecified atom stereocenters. The minimum atomic E-state index is -0.235. The van der Waals surface area contributed by atoms with Crippen molar-refractivity contribution >= 4 is 17.5 Å². The van der Waals surface area contributed by atoms with Gasteiger partial charge in [0, 0.05) is 18.2 Å². The molecule has 1 amide bonds. The summed E-state index contributed by atoms with van der Waals surface area (Å²) in [6.07, 6.45) is 2.48. The molecule has 1 N–H and O–H groups in total. The summed E-state index contributed by atoms with van der Waals surface area (Å²) in [6.45, 7) is 2.97.